The fourth-order valence-electron chi connectivity index (χ4n) is 2.56. The normalized spacial score (nSPS) is 19.6. The molecule has 2 unspecified atom stereocenters. The summed E-state index contributed by atoms with van der Waals surface area (Å²) in [6, 6.07) is 5.15. The number of ether oxygens (including phenoxy) is 1. The van der Waals surface area contributed by atoms with E-state index in [1.807, 2.05) is 11.9 Å². The first-order valence-corrected chi connectivity index (χ1v) is 7.82. The van der Waals surface area contributed by atoms with Gasteiger partial charge in [0.2, 0.25) is 0 Å². The SMILES string of the molecule is CNCC1CCN(C(=O)C(C)Oc2cccc(Cl)c2Cl)C1. The number of carbonyl (C=O) groups is 1. The van der Waals surface area contributed by atoms with E-state index in [9.17, 15) is 4.79 Å². The zero-order chi connectivity index (χ0) is 15.4. The van der Waals surface area contributed by atoms with Crippen LogP contribution in [0.3, 0.4) is 0 Å². The third-order valence-corrected chi connectivity index (χ3v) is 4.46. The van der Waals surface area contributed by atoms with Crippen LogP contribution in [0.4, 0.5) is 0 Å². The van der Waals surface area contributed by atoms with Crippen LogP contribution < -0.4 is 10.1 Å². The summed E-state index contributed by atoms with van der Waals surface area (Å²) in [5.41, 5.74) is 0. The Morgan fingerprint density at radius 3 is 3.00 bits per heavy atom. The van der Waals surface area contributed by atoms with E-state index in [1.54, 1.807) is 25.1 Å². The van der Waals surface area contributed by atoms with E-state index in [-0.39, 0.29) is 5.91 Å². The van der Waals surface area contributed by atoms with Gasteiger partial charge in [-0.25, -0.2) is 0 Å². The average Bonchev–Trinajstić information content (AvgIpc) is 2.92. The fourth-order valence-corrected chi connectivity index (χ4v) is 2.90. The van der Waals surface area contributed by atoms with E-state index >= 15 is 0 Å². The fraction of sp³-hybridized carbons (Fsp3) is 0.533. The number of hydrogen-bond acceptors (Lipinski definition) is 3. The van der Waals surface area contributed by atoms with Gasteiger partial charge in [0.05, 0.1) is 5.02 Å². The van der Waals surface area contributed by atoms with Gasteiger partial charge >= 0.3 is 0 Å². The van der Waals surface area contributed by atoms with E-state index in [0.29, 0.717) is 21.7 Å². The number of hydrogen-bond donors (Lipinski definition) is 1. The zero-order valence-corrected chi connectivity index (χ0v) is 13.7. The second-order valence-electron chi connectivity index (χ2n) is 5.31. The van der Waals surface area contributed by atoms with Crippen LogP contribution in [0.1, 0.15) is 13.3 Å². The number of carbonyl (C=O) groups excluding carboxylic acids is 1. The molecule has 21 heavy (non-hydrogen) atoms. The van der Waals surface area contributed by atoms with Crippen LogP contribution in [-0.4, -0.2) is 43.6 Å². The molecule has 4 nitrogen and oxygen atoms in total. The Morgan fingerprint density at radius 1 is 1.52 bits per heavy atom. The molecule has 0 aromatic heterocycles. The van der Waals surface area contributed by atoms with E-state index in [2.05, 4.69) is 5.32 Å². The number of amides is 1. The first-order valence-electron chi connectivity index (χ1n) is 7.07. The van der Waals surface area contributed by atoms with Crippen molar-refractivity contribution in [1.29, 1.82) is 0 Å². The van der Waals surface area contributed by atoms with Crippen molar-refractivity contribution in [3.63, 3.8) is 0 Å². The van der Waals surface area contributed by atoms with Gasteiger partial charge < -0.3 is 15.0 Å². The maximum absolute atomic E-state index is 12.4. The second-order valence-corrected chi connectivity index (χ2v) is 6.09. The Hall–Kier alpha value is -0.970. The molecule has 1 fully saturated rings. The maximum atomic E-state index is 12.4. The van der Waals surface area contributed by atoms with Gasteiger partial charge in [-0.05, 0) is 45.0 Å². The Labute approximate surface area is 135 Å². The predicted octanol–water partition coefficient (Wildman–Crippen LogP) is 2.83. The summed E-state index contributed by atoms with van der Waals surface area (Å²) >= 11 is 12.0. The van der Waals surface area contributed by atoms with Gasteiger partial charge in [-0.15, -0.1) is 0 Å². The van der Waals surface area contributed by atoms with Crippen LogP contribution in [0.15, 0.2) is 18.2 Å². The number of rotatable bonds is 5. The molecular weight excluding hydrogens is 311 g/mol. The van der Waals surface area contributed by atoms with E-state index in [1.165, 1.54) is 0 Å². The largest absolute Gasteiger partial charge is 0.479 e. The van der Waals surface area contributed by atoms with Crippen molar-refractivity contribution >= 4 is 29.1 Å². The molecule has 0 saturated carbocycles. The van der Waals surface area contributed by atoms with E-state index in [4.69, 9.17) is 27.9 Å². The van der Waals surface area contributed by atoms with Crippen molar-refractivity contribution < 1.29 is 9.53 Å². The molecule has 1 saturated heterocycles. The van der Waals surface area contributed by atoms with Gasteiger partial charge in [0.25, 0.3) is 5.91 Å². The van der Waals surface area contributed by atoms with Gasteiger partial charge in [-0.2, -0.15) is 0 Å². The molecule has 2 rings (SSSR count). The third kappa shape index (κ3) is 4.02. The molecule has 116 valence electrons. The summed E-state index contributed by atoms with van der Waals surface area (Å²) in [7, 11) is 1.93. The van der Waals surface area contributed by atoms with Crippen LogP contribution in [0.2, 0.25) is 10.0 Å². The Balaban J connectivity index is 1.95. The quantitative estimate of drug-likeness (QED) is 0.902. The van der Waals surface area contributed by atoms with Crippen molar-refractivity contribution in [3.8, 4) is 5.75 Å². The number of likely N-dealkylation sites (tertiary alicyclic amines) is 1. The highest BCUT2D eigenvalue weighted by molar-refractivity contribution is 6.42. The maximum Gasteiger partial charge on any atom is 0.263 e. The van der Waals surface area contributed by atoms with E-state index < -0.39 is 6.10 Å². The molecule has 0 aliphatic carbocycles. The van der Waals surface area contributed by atoms with Gasteiger partial charge in [0.15, 0.2) is 6.10 Å². The van der Waals surface area contributed by atoms with Gasteiger partial charge in [-0.3, -0.25) is 4.79 Å². The van der Waals surface area contributed by atoms with Gasteiger partial charge in [-0.1, -0.05) is 29.3 Å². The molecular formula is C15H20Cl2N2O2. The second kappa shape index (κ2) is 7.34. The Kier molecular flexibility index (Phi) is 5.73. The summed E-state index contributed by atoms with van der Waals surface area (Å²) in [5, 5.41) is 3.91. The molecule has 0 bridgehead atoms. The summed E-state index contributed by atoms with van der Waals surface area (Å²) in [4.78, 5) is 14.3. The van der Waals surface area contributed by atoms with Crippen molar-refractivity contribution in [1.82, 2.24) is 10.2 Å². The predicted molar refractivity (Wildman–Crippen MR) is 85.2 cm³/mol. The third-order valence-electron chi connectivity index (χ3n) is 3.66. The van der Waals surface area contributed by atoms with Crippen LogP contribution in [0.5, 0.6) is 5.75 Å². The van der Waals surface area contributed by atoms with Gasteiger partial charge in [0.1, 0.15) is 10.8 Å². The van der Waals surface area contributed by atoms with Crippen LogP contribution >= 0.6 is 23.2 Å². The van der Waals surface area contributed by atoms with E-state index in [0.717, 1.165) is 26.1 Å². The Bertz CT molecular complexity index is 510. The van der Waals surface area contributed by atoms with Crippen molar-refractivity contribution in [3.05, 3.63) is 28.2 Å². The topological polar surface area (TPSA) is 41.6 Å². The molecule has 6 heteroatoms. The summed E-state index contributed by atoms with van der Waals surface area (Å²) < 4.78 is 5.67. The molecule has 0 spiro atoms. The lowest BCUT2D eigenvalue weighted by Gasteiger charge is -2.22. The monoisotopic (exact) mass is 330 g/mol. The lowest BCUT2D eigenvalue weighted by molar-refractivity contribution is -0.136. The lowest BCUT2D eigenvalue weighted by Crippen LogP contribution is -2.39. The number of nitrogens with one attached hydrogen (secondary N) is 1. The van der Waals surface area contributed by atoms with Crippen LogP contribution in [0.25, 0.3) is 0 Å². The van der Waals surface area contributed by atoms with Crippen LogP contribution in [0, 0.1) is 5.92 Å². The molecule has 1 N–H and O–H groups in total. The molecule has 0 radical (unpaired) electrons. The Morgan fingerprint density at radius 2 is 2.29 bits per heavy atom. The average molecular weight is 331 g/mol. The minimum atomic E-state index is -0.575. The van der Waals surface area contributed by atoms with Crippen LogP contribution in [-0.2, 0) is 4.79 Å². The highest BCUT2D eigenvalue weighted by Crippen LogP contribution is 2.32. The number of benzene rings is 1. The first-order chi connectivity index (χ1) is 10.0. The minimum Gasteiger partial charge on any atom is -0.479 e. The molecule has 1 aliphatic heterocycles. The van der Waals surface area contributed by atoms with Crippen molar-refractivity contribution in [2.45, 2.75) is 19.4 Å². The van der Waals surface area contributed by atoms with Gasteiger partial charge in [0, 0.05) is 13.1 Å². The number of halogens is 2. The smallest absolute Gasteiger partial charge is 0.263 e. The summed E-state index contributed by atoms with van der Waals surface area (Å²) in [6.07, 6.45) is 0.450. The lowest BCUT2D eigenvalue weighted by atomic mass is 10.1. The standard InChI is InChI=1S/C15H20Cl2N2O2/c1-10(21-13-5-3-4-12(16)14(13)17)15(20)19-7-6-11(9-19)8-18-2/h3-5,10-11,18H,6-9H2,1-2H3. The molecule has 1 aromatic rings. The molecule has 1 heterocycles. The highest BCUT2D eigenvalue weighted by Gasteiger charge is 2.29. The molecule has 2 atom stereocenters. The summed E-state index contributed by atoms with van der Waals surface area (Å²) in [6.45, 7) is 4.23. The molecule has 1 amide bonds. The molecule has 1 aromatic carbocycles. The summed E-state index contributed by atoms with van der Waals surface area (Å²) in [5.74, 6) is 0.946. The zero-order valence-electron chi connectivity index (χ0n) is 12.2. The molecule has 1 aliphatic rings. The van der Waals surface area contributed by atoms with Crippen molar-refractivity contribution in [2.24, 2.45) is 5.92 Å². The highest BCUT2D eigenvalue weighted by atomic mass is 35.5. The minimum absolute atomic E-state index is 0.00959. The van der Waals surface area contributed by atoms with Crippen molar-refractivity contribution in [2.75, 3.05) is 26.7 Å². The number of nitrogens with zero attached hydrogens (tertiary/aromatic N) is 1. The first kappa shape index (κ1) is 16.4.